The number of aromatic nitrogens is 2. The van der Waals surface area contributed by atoms with Crippen LogP contribution in [0.15, 0.2) is 0 Å². The number of nitrogens with one attached hydrogen (secondary N) is 1. The number of imidazole rings is 1. The molecule has 4 heteroatoms. The predicted octanol–water partition coefficient (Wildman–Crippen LogP) is 0.973. The fraction of sp³-hybridized carbons (Fsp3) is 0.750. The van der Waals surface area contributed by atoms with Crippen molar-refractivity contribution < 1.29 is 4.74 Å². The Labute approximate surface area is 96.0 Å². The number of hydrogen-bond donors (Lipinski definition) is 1. The Morgan fingerprint density at radius 2 is 2.38 bits per heavy atom. The van der Waals surface area contributed by atoms with E-state index in [4.69, 9.17) is 4.74 Å². The van der Waals surface area contributed by atoms with Gasteiger partial charge in [0, 0.05) is 31.8 Å². The number of ether oxygens (including phenoxy) is 1. The average Bonchev–Trinajstić information content (AvgIpc) is 2.81. The van der Waals surface area contributed by atoms with Crippen molar-refractivity contribution in [2.75, 3.05) is 19.8 Å². The summed E-state index contributed by atoms with van der Waals surface area (Å²) in [6.07, 6.45) is 2.19. The first kappa shape index (κ1) is 10.3. The minimum atomic E-state index is 0.127. The van der Waals surface area contributed by atoms with Crippen molar-refractivity contribution >= 4 is 0 Å². The van der Waals surface area contributed by atoms with E-state index in [-0.39, 0.29) is 5.54 Å². The van der Waals surface area contributed by atoms with Gasteiger partial charge in [0.15, 0.2) is 0 Å². The molecule has 0 aliphatic carbocycles. The lowest BCUT2D eigenvalue weighted by atomic mass is 9.99. The van der Waals surface area contributed by atoms with Crippen molar-refractivity contribution in [3.8, 4) is 0 Å². The number of rotatable bonds is 1. The van der Waals surface area contributed by atoms with Crippen molar-refractivity contribution in [3.05, 3.63) is 17.2 Å². The maximum atomic E-state index is 5.57. The Kier molecular flexibility index (Phi) is 2.30. The van der Waals surface area contributed by atoms with Gasteiger partial charge in [0.25, 0.3) is 0 Å². The maximum Gasteiger partial charge on any atom is 0.106 e. The highest BCUT2D eigenvalue weighted by atomic mass is 16.5. The molecule has 2 aliphatic rings. The number of fused-ring (bicyclic) bond motifs is 1. The zero-order valence-corrected chi connectivity index (χ0v) is 10.0. The molecule has 88 valence electrons. The second-order valence-corrected chi connectivity index (χ2v) is 5.11. The zero-order chi connectivity index (χ0) is 11.2. The first-order valence-electron chi connectivity index (χ1n) is 6.07. The lowest BCUT2D eigenvalue weighted by Gasteiger charge is -2.29. The molecule has 1 saturated heterocycles. The van der Waals surface area contributed by atoms with Crippen LogP contribution >= 0.6 is 0 Å². The monoisotopic (exact) mass is 221 g/mol. The van der Waals surface area contributed by atoms with E-state index in [1.54, 1.807) is 0 Å². The van der Waals surface area contributed by atoms with E-state index >= 15 is 0 Å². The maximum absolute atomic E-state index is 5.57. The summed E-state index contributed by atoms with van der Waals surface area (Å²) in [6, 6.07) is 0. The quantitative estimate of drug-likeness (QED) is 0.768. The highest BCUT2D eigenvalue weighted by molar-refractivity contribution is 5.22. The first-order chi connectivity index (χ1) is 7.71. The lowest BCUT2D eigenvalue weighted by Crippen LogP contribution is -2.35. The smallest absolute Gasteiger partial charge is 0.106 e. The molecule has 0 aromatic carbocycles. The van der Waals surface area contributed by atoms with Crippen molar-refractivity contribution in [2.24, 2.45) is 0 Å². The third kappa shape index (κ3) is 1.40. The fourth-order valence-electron chi connectivity index (χ4n) is 2.99. The molecule has 1 unspecified atom stereocenters. The lowest BCUT2D eigenvalue weighted by molar-refractivity contribution is 0.159. The van der Waals surface area contributed by atoms with Crippen molar-refractivity contribution in [3.63, 3.8) is 0 Å². The molecular formula is C12H19N3O. The van der Waals surface area contributed by atoms with E-state index in [1.807, 2.05) is 0 Å². The van der Waals surface area contributed by atoms with Crippen LogP contribution in [-0.4, -0.2) is 29.3 Å². The van der Waals surface area contributed by atoms with Gasteiger partial charge in [-0.1, -0.05) is 0 Å². The van der Waals surface area contributed by atoms with E-state index in [0.29, 0.717) is 0 Å². The van der Waals surface area contributed by atoms with Gasteiger partial charge in [0.2, 0.25) is 0 Å². The summed E-state index contributed by atoms with van der Waals surface area (Å²) in [4.78, 5) is 4.69. The van der Waals surface area contributed by atoms with Gasteiger partial charge in [0.05, 0.1) is 17.8 Å². The van der Waals surface area contributed by atoms with Gasteiger partial charge in [-0.3, -0.25) is 0 Å². The summed E-state index contributed by atoms with van der Waals surface area (Å²) < 4.78 is 7.99. The highest BCUT2D eigenvalue weighted by Gasteiger charge is 2.35. The summed E-state index contributed by atoms with van der Waals surface area (Å²) in [7, 11) is 0. The van der Waals surface area contributed by atoms with E-state index < -0.39 is 0 Å². The van der Waals surface area contributed by atoms with Gasteiger partial charge in [-0.2, -0.15) is 0 Å². The van der Waals surface area contributed by atoms with Crippen LogP contribution in [0.1, 0.15) is 30.6 Å². The Morgan fingerprint density at radius 1 is 1.50 bits per heavy atom. The molecule has 3 heterocycles. The Balaban J connectivity index is 2.08. The van der Waals surface area contributed by atoms with Gasteiger partial charge in [-0.25, -0.2) is 4.98 Å². The zero-order valence-electron chi connectivity index (χ0n) is 10.0. The van der Waals surface area contributed by atoms with Gasteiger partial charge >= 0.3 is 0 Å². The summed E-state index contributed by atoms with van der Waals surface area (Å²) >= 11 is 0. The minimum Gasteiger partial charge on any atom is -0.379 e. The van der Waals surface area contributed by atoms with E-state index in [1.165, 1.54) is 11.4 Å². The minimum absolute atomic E-state index is 0.127. The molecule has 3 rings (SSSR count). The molecule has 4 nitrogen and oxygen atoms in total. The first-order valence-corrected chi connectivity index (χ1v) is 6.07. The standard InChI is InChI=1S/C12H19N3O/c1-9-14-10-7-13-5-3-11(10)15(9)12(2)4-6-16-8-12/h13H,3-8H2,1-2H3. The van der Waals surface area contributed by atoms with E-state index in [0.717, 1.165) is 45.0 Å². The van der Waals surface area contributed by atoms with Crippen LogP contribution in [0.25, 0.3) is 0 Å². The Bertz CT molecular complexity index is 405. The second kappa shape index (κ2) is 3.57. The van der Waals surface area contributed by atoms with Crippen LogP contribution in [0.2, 0.25) is 0 Å². The molecule has 1 fully saturated rings. The fourth-order valence-corrected chi connectivity index (χ4v) is 2.99. The molecule has 0 spiro atoms. The highest BCUT2D eigenvalue weighted by Crippen LogP contribution is 2.31. The van der Waals surface area contributed by atoms with Gasteiger partial charge in [-0.05, 0) is 20.3 Å². The molecule has 0 saturated carbocycles. The topological polar surface area (TPSA) is 39.1 Å². The molecule has 0 bridgehead atoms. The Hall–Kier alpha value is -0.870. The largest absolute Gasteiger partial charge is 0.379 e. The third-order valence-electron chi connectivity index (χ3n) is 3.79. The average molecular weight is 221 g/mol. The predicted molar refractivity (Wildman–Crippen MR) is 61.5 cm³/mol. The summed E-state index contributed by atoms with van der Waals surface area (Å²) in [5, 5.41) is 3.38. The third-order valence-corrected chi connectivity index (χ3v) is 3.79. The SMILES string of the molecule is Cc1nc2c(n1C1(C)CCOC1)CCNC2. The molecular weight excluding hydrogens is 202 g/mol. The van der Waals surface area contributed by atoms with Crippen LogP contribution in [0, 0.1) is 6.92 Å². The number of nitrogens with zero attached hydrogens (tertiary/aromatic N) is 2. The summed E-state index contributed by atoms with van der Waals surface area (Å²) in [6.45, 7) is 8.08. The van der Waals surface area contributed by atoms with Crippen molar-refractivity contribution in [1.82, 2.24) is 14.9 Å². The van der Waals surface area contributed by atoms with E-state index in [2.05, 4.69) is 28.7 Å². The molecule has 2 aliphatic heterocycles. The number of aryl methyl sites for hydroxylation is 1. The molecule has 16 heavy (non-hydrogen) atoms. The van der Waals surface area contributed by atoms with Gasteiger partial charge < -0.3 is 14.6 Å². The van der Waals surface area contributed by atoms with Gasteiger partial charge in [0.1, 0.15) is 5.82 Å². The second-order valence-electron chi connectivity index (χ2n) is 5.11. The van der Waals surface area contributed by atoms with Crippen LogP contribution in [0.4, 0.5) is 0 Å². The van der Waals surface area contributed by atoms with Crippen molar-refractivity contribution in [2.45, 2.75) is 38.8 Å². The molecule has 0 radical (unpaired) electrons. The van der Waals surface area contributed by atoms with Crippen LogP contribution in [-0.2, 0) is 23.2 Å². The van der Waals surface area contributed by atoms with Crippen LogP contribution in [0.3, 0.4) is 0 Å². The molecule has 1 atom stereocenters. The van der Waals surface area contributed by atoms with Crippen molar-refractivity contribution in [1.29, 1.82) is 0 Å². The van der Waals surface area contributed by atoms with E-state index in [9.17, 15) is 0 Å². The normalized spacial score (nSPS) is 29.4. The number of hydrogen-bond acceptors (Lipinski definition) is 3. The van der Waals surface area contributed by atoms with Crippen LogP contribution < -0.4 is 5.32 Å². The summed E-state index contributed by atoms with van der Waals surface area (Å²) in [5.41, 5.74) is 2.78. The van der Waals surface area contributed by atoms with Gasteiger partial charge in [-0.15, -0.1) is 0 Å². The summed E-state index contributed by atoms with van der Waals surface area (Å²) in [5.74, 6) is 1.14. The van der Waals surface area contributed by atoms with Crippen LogP contribution in [0.5, 0.6) is 0 Å². The molecule has 0 amide bonds. The Morgan fingerprint density at radius 3 is 3.12 bits per heavy atom. The molecule has 1 aromatic heterocycles. The molecule has 1 aromatic rings. The molecule has 1 N–H and O–H groups in total.